The van der Waals surface area contributed by atoms with Gasteiger partial charge in [-0.25, -0.2) is 9.18 Å². The lowest BCUT2D eigenvalue weighted by molar-refractivity contribution is -0.384. The summed E-state index contributed by atoms with van der Waals surface area (Å²) in [5.41, 5.74) is -0.616. The van der Waals surface area contributed by atoms with Gasteiger partial charge in [0.1, 0.15) is 22.9 Å². The fourth-order valence-electron chi connectivity index (χ4n) is 2.12. The van der Waals surface area contributed by atoms with Crippen LogP contribution in [-0.2, 0) is 0 Å². The molecule has 1 amide bonds. The zero-order valence-electron chi connectivity index (χ0n) is 14.9. The van der Waals surface area contributed by atoms with Gasteiger partial charge in [0.15, 0.2) is 0 Å². The highest BCUT2D eigenvalue weighted by molar-refractivity contribution is 5.87. The second-order valence-corrected chi connectivity index (χ2v) is 6.52. The van der Waals surface area contributed by atoms with Crippen LogP contribution >= 0.6 is 0 Å². The van der Waals surface area contributed by atoms with Gasteiger partial charge < -0.3 is 9.84 Å². The smallest absolute Gasteiger partial charge is 0.409 e. The van der Waals surface area contributed by atoms with Crippen molar-refractivity contribution in [3.8, 4) is 17.6 Å². The van der Waals surface area contributed by atoms with Gasteiger partial charge in [0.25, 0.3) is 5.69 Å². The minimum absolute atomic E-state index is 0.187. The van der Waals surface area contributed by atoms with E-state index in [-0.39, 0.29) is 17.0 Å². The SMILES string of the molecule is CC(C)(C)Oc1cc(NC(=O)O)c([N+](=O)[O-])cc1C#Cc1ccc(F)cc1. The summed E-state index contributed by atoms with van der Waals surface area (Å²) >= 11 is 0. The average Bonchev–Trinajstić information content (AvgIpc) is 2.53. The average molecular weight is 372 g/mol. The van der Waals surface area contributed by atoms with Crippen LogP contribution in [0.2, 0.25) is 0 Å². The van der Waals surface area contributed by atoms with Gasteiger partial charge in [0.2, 0.25) is 0 Å². The zero-order valence-corrected chi connectivity index (χ0v) is 14.9. The second kappa shape index (κ2) is 7.74. The van der Waals surface area contributed by atoms with E-state index < -0.39 is 28.1 Å². The van der Waals surface area contributed by atoms with Gasteiger partial charge in [-0.1, -0.05) is 11.8 Å². The topological polar surface area (TPSA) is 102 Å². The van der Waals surface area contributed by atoms with Crippen LogP contribution < -0.4 is 10.1 Å². The zero-order chi connectivity index (χ0) is 20.2. The van der Waals surface area contributed by atoms with Crippen molar-refractivity contribution >= 4 is 17.5 Å². The number of carbonyl (C=O) groups is 1. The highest BCUT2D eigenvalue weighted by atomic mass is 19.1. The van der Waals surface area contributed by atoms with Crippen molar-refractivity contribution in [2.75, 3.05) is 5.32 Å². The van der Waals surface area contributed by atoms with E-state index in [4.69, 9.17) is 9.84 Å². The number of rotatable bonds is 3. The van der Waals surface area contributed by atoms with Crippen molar-refractivity contribution in [1.29, 1.82) is 0 Å². The molecule has 0 radical (unpaired) electrons. The summed E-state index contributed by atoms with van der Waals surface area (Å²) in [7, 11) is 0. The summed E-state index contributed by atoms with van der Waals surface area (Å²) in [6.45, 7) is 5.32. The Morgan fingerprint density at radius 2 is 1.85 bits per heavy atom. The maximum absolute atomic E-state index is 13.0. The lowest BCUT2D eigenvalue weighted by Crippen LogP contribution is -2.23. The van der Waals surface area contributed by atoms with Crippen molar-refractivity contribution in [2.24, 2.45) is 0 Å². The molecule has 0 saturated heterocycles. The molecule has 2 aromatic rings. The first-order valence-electron chi connectivity index (χ1n) is 7.84. The number of amides is 1. The van der Waals surface area contributed by atoms with Crippen LogP contribution in [0.3, 0.4) is 0 Å². The van der Waals surface area contributed by atoms with Crippen LogP contribution in [-0.4, -0.2) is 21.7 Å². The number of hydrogen-bond donors (Lipinski definition) is 2. The lowest BCUT2D eigenvalue weighted by Gasteiger charge is -2.22. The molecular weight excluding hydrogens is 355 g/mol. The number of benzene rings is 2. The molecule has 0 aliphatic heterocycles. The van der Waals surface area contributed by atoms with Crippen LogP contribution in [0.25, 0.3) is 0 Å². The summed E-state index contributed by atoms with van der Waals surface area (Å²) in [6.07, 6.45) is -1.44. The van der Waals surface area contributed by atoms with Crippen LogP contribution in [0.1, 0.15) is 31.9 Å². The number of ether oxygens (including phenoxy) is 1. The molecule has 0 unspecified atom stereocenters. The standard InChI is InChI=1S/C19H17FN2O5/c1-19(2,3)27-17-11-15(21-18(23)24)16(22(25)26)10-13(17)7-4-12-5-8-14(20)9-6-12/h5-6,8-11,21H,1-3H3,(H,23,24). The molecule has 7 nitrogen and oxygen atoms in total. The van der Waals surface area contributed by atoms with E-state index in [9.17, 15) is 19.3 Å². The van der Waals surface area contributed by atoms with Gasteiger partial charge in [-0.05, 0) is 45.0 Å². The fourth-order valence-corrected chi connectivity index (χ4v) is 2.12. The number of anilines is 1. The minimum Gasteiger partial charge on any atom is -0.487 e. The van der Waals surface area contributed by atoms with Gasteiger partial charge in [0, 0.05) is 17.7 Å². The maximum atomic E-state index is 13.0. The molecule has 0 saturated carbocycles. The second-order valence-electron chi connectivity index (χ2n) is 6.52. The molecule has 0 heterocycles. The Morgan fingerprint density at radius 1 is 1.22 bits per heavy atom. The van der Waals surface area contributed by atoms with E-state index in [1.165, 1.54) is 30.3 Å². The normalized spacial score (nSPS) is 10.5. The first kappa shape index (κ1) is 19.7. The number of nitro groups is 1. The molecule has 0 bridgehead atoms. The molecule has 27 heavy (non-hydrogen) atoms. The van der Waals surface area contributed by atoms with E-state index in [2.05, 4.69) is 11.8 Å². The van der Waals surface area contributed by atoms with Crippen molar-refractivity contribution in [2.45, 2.75) is 26.4 Å². The van der Waals surface area contributed by atoms with Crippen molar-refractivity contribution in [3.63, 3.8) is 0 Å². The molecule has 0 atom stereocenters. The molecule has 0 aliphatic rings. The number of nitro benzene ring substituents is 1. The Morgan fingerprint density at radius 3 is 2.37 bits per heavy atom. The van der Waals surface area contributed by atoms with Crippen LogP contribution in [0.15, 0.2) is 36.4 Å². The summed E-state index contributed by atoms with van der Waals surface area (Å²) in [5, 5.41) is 22.2. The van der Waals surface area contributed by atoms with Crippen molar-refractivity contribution < 1.29 is 24.0 Å². The molecule has 0 aromatic heterocycles. The van der Waals surface area contributed by atoms with Crippen LogP contribution in [0, 0.1) is 27.8 Å². The predicted octanol–water partition coefficient (Wildman–Crippen LogP) is 4.40. The molecule has 0 fully saturated rings. The molecule has 2 aromatic carbocycles. The summed E-state index contributed by atoms with van der Waals surface area (Å²) in [5.74, 6) is 5.34. The lowest BCUT2D eigenvalue weighted by atomic mass is 10.1. The molecular formula is C19H17FN2O5. The van der Waals surface area contributed by atoms with E-state index in [1.807, 2.05) is 5.32 Å². The Balaban J connectivity index is 2.59. The Labute approximate surface area is 154 Å². The number of carboxylic acid groups (broad SMARTS) is 1. The van der Waals surface area contributed by atoms with Gasteiger partial charge >= 0.3 is 6.09 Å². The molecule has 0 aliphatic carbocycles. The van der Waals surface area contributed by atoms with Crippen LogP contribution in [0.4, 0.5) is 20.6 Å². The van der Waals surface area contributed by atoms with E-state index >= 15 is 0 Å². The number of halogens is 1. The summed E-state index contributed by atoms with van der Waals surface area (Å²) in [6, 6.07) is 7.82. The van der Waals surface area contributed by atoms with E-state index in [0.717, 1.165) is 6.07 Å². The number of nitrogens with zero attached hydrogens (tertiary/aromatic N) is 1. The predicted molar refractivity (Wildman–Crippen MR) is 97.5 cm³/mol. The maximum Gasteiger partial charge on any atom is 0.409 e. The molecule has 2 N–H and O–H groups in total. The summed E-state index contributed by atoms with van der Waals surface area (Å²) in [4.78, 5) is 21.5. The minimum atomic E-state index is -1.44. The van der Waals surface area contributed by atoms with E-state index in [0.29, 0.717) is 5.56 Å². The molecule has 2 rings (SSSR count). The number of nitrogens with one attached hydrogen (secondary N) is 1. The molecule has 0 spiro atoms. The third-order valence-electron chi connectivity index (χ3n) is 3.14. The van der Waals surface area contributed by atoms with Gasteiger partial charge in [0.05, 0.1) is 10.5 Å². The molecule has 140 valence electrons. The number of hydrogen-bond acceptors (Lipinski definition) is 4. The highest BCUT2D eigenvalue weighted by Crippen LogP contribution is 2.34. The van der Waals surface area contributed by atoms with Crippen molar-refractivity contribution in [3.05, 3.63) is 63.5 Å². The van der Waals surface area contributed by atoms with E-state index in [1.54, 1.807) is 20.8 Å². The fraction of sp³-hybridized carbons (Fsp3) is 0.211. The van der Waals surface area contributed by atoms with Gasteiger partial charge in [-0.2, -0.15) is 0 Å². The third-order valence-corrected chi connectivity index (χ3v) is 3.14. The quantitative estimate of drug-likeness (QED) is 0.472. The first-order valence-corrected chi connectivity index (χ1v) is 7.84. The Hall–Kier alpha value is -3.60. The summed E-state index contributed by atoms with van der Waals surface area (Å²) < 4.78 is 18.8. The Kier molecular flexibility index (Phi) is 5.66. The first-order chi connectivity index (χ1) is 12.5. The largest absolute Gasteiger partial charge is 0.487 e. The molecule has 8 heteroatoms. The third kappa shape index (κ3) is 5.71. The Bertz CT molecular complexity index is 938. The van der Waals surface area contributed by atoms with Gasteiger partial charge in [-0.3, -0.25) is 15.4 Å². The monoisotopic (exact) mass is 372 g/mol. The highest BCUT2D eigenvalue weighted by Gasteiger charge is 2.22. The van der Waals surface area contributed by atoms with Crippen molar-refractivity contribution in [1.82, 2.24) is 0 Å². The van der Waals surface area contributed by atoms with Gasteiger partial charge in [-0.15, -0.1) is 0 Å². The van der Waals surface area contributed by atoms with Crippen LogP contribution in [0.5, 0.6) is 5.75 Å².